The van der Waals surface area contributed by atoms with E-state index in [0.717, 1.165) is 19.2 Å². The summed E-state index contributed by atoms with van der Waals surface area (Å²) < 4.78 is 14.6. The van der Waals surface area contributed by atoms with E-state index in [4.69, 9.17) is 0 Å². The molecule has 0 aromatic heterocycles. The number of nitro groups is 1. The second-order valence-corrected chi connectivity index (χ2v) is 6.83. The molecule has 0 radical (unpaired) electrons. The van der Waals surface area contributed by atoms with Crippen molar-refractivity contribution in [3.8, 4) is 0 Å². The lowest BCUT2D eigenvalue weighted by molar-refractivity contribution is -0.384. The Morgan fingerprint density at radius 3 is 2.08 bits per heavy atom. The summed E-state index contributed by atoms with van der Waals surface area (Å²) in [5.74, 6) is -0.566. The predicted molar refractivity (Wildman–Crippen MR) is 97.2 cm³/mol. The number of anilines is 2. The van der Waals surface area contributed by atoms with Gasteiger partial charge in [-0.05, 0) is 13.1 Å². The van der Waals surface area contributed by atoms with Gasteiger partial charge in [0.05, 0.1) is 16.7 Å². The average Bonchev–Trinajstić information content (AvgIpc) is 2.62. The van der Waals surface area contributed by atoms with E-state index >= 15 is 0 Å². The molecule has 2 heterocycles. The van der Waals surface area contributed by atoms with Gasteiger partial charge in [0.25, 0.3) is 5.69 Å². The Hall–Kier alpha value is -2.42. The van der Waals surface area contributed by atoms with Crippen LogP contribution in [0.1, 0.15) is 6.92 Å². The zero-order chi connectivity index (χ0) is 18.8. The van der Waals surface area contributed by atoms with Crippen LogP contribution in [0.5, 0.6) is 0 Å². The molecule has 1 amide bonds. The maximum Gasteiger partial charge on any atom is 0.295 e. The molecular formula is C17H24FN5O3. The number of benzene rings is 1. The van der Waals surface area contributed by atoms with Crippen LogP contribution in [-0.2, 0) is 4.79 Å². The van der Waals surface area contributed by atoms with Gasteiger partial charge in [0.15, 0.2) is 5.82 Å². The largest absolute Gasteiger partial charge is 0.367 e. The molecule has 0 atom stereocenters. The molecule has 26 heavy (non-hydrogen) atoms. The summed E-state index contributed by atoms with van der Waals surface area (Å²) in [4.78, 5) is 30.1. The summed E-state index contributed by atoms with van der Waals surface area (Å²) in [6.45, 7) is 6.53. The summed E-state index contributed by atoms with van der Waals surface area (Å²) in [5.41, 5.74) is 0.609. The first-order valence-electron chi connectivity index (χ1n) is 8.78. The van der Waals surface area contributed by atoms with E-state index in [1.807, 2.05) is 16.8 Å². The third-order valence-electron chi connectivity index (χ3n) is 5.15. The normalized spacial score (nSPS) is 19.0. The Balaban J connectivity index is 1.89. The molecule has 8 nitrogen and oxygen atoms in total. The van der Waals surface area contributed by atoms with E-state index in [2.05, 4.69) is 4.90 Å². The van der Waals surface area contributed by atoms with Crippen molar-refractivity contribution in [2.45, 2.75) is 6.92 Å². The second kappa shape index (κ2) is 7.45. The van der Waals surface area contributed by atoms with Gasteiger partial charge >= 0.3 is 0 Å². The van der Waals surface area contributed by atoms with Crippen molar-refractivity contribution in [1.82, 2.24) is 9.80 Å². The van der Waals surface area contributed by atoms with Crippen molar-refractivity contribution in [3.63, 3.8) is 0 Å². The number of carbonyl (C=O) groups excluding carboxylic acids is 1. The summed E-state index contributed by atoms with van der Waals surface area (Å²) in [5, 5.41) is 11.4. The van der Waals surface area contributed by atoms with Crippen LogP contribution in [0, 0.1) is 15.9 Å². The van der Waals surface area contributed by atoms with Crippen LogP contribution in [0.15, 0.2) is 12.1 Å². The first-order valence-corrected chi connectivity index (χ1v) is 8.78. The zero-order valence-electron chi connectivity index (χ0n) is 15.2. The molecule has 0 aliphatic carbocycles. The van der Waals surface area contributed by atoms with Crippen LogP contribution in [0.4, 0.5) is 21.5 Å². The molecule has 0 N–H and O–H groups in total. The van der Waals surface area contributed by atoms with Gasteiger partial charge in [-0.25, -0.2) is 4.39 Å². The Morgan fingerprint density at radius 1 is 1.00 bits per heavy atom. The Morgan fingerprint density at radius 2 is 1.54 bits per heavy atom. The summed E-state index contributed by atoms with van der Waals surface area (Å²) in [6, 6.07) is 2.63. The van der Waals surface area contributed by atoms with E-state index in [0.29, 0.717) is 50.6 Å². The number of hydrogen-bond acceptors (Lipinski definition) is 6. The lowest BCUT2D eigenvalue weighted by Crippen LogP contribution is -2.48. The molecule has 2 fully saturated rings. The number of piperazine rings is 2. The molecule has 142 valence electrons. The lowest BCUT2D eigenvalue weighted by atomic mass is 10.1. The Kier molecular flexibility index (Phi) is 5.26. The standard InChI is InChI=1S/C17H24FN5O3/c1-13(24)20-7-9-22(10-8-20)16-12-15(14(18)11-17(16)23(25)26)21-5-3-19(2)4-6-21/h11-12H,3-10H2,1-2H3. The van der Waals surface area contributed by atoms with Crippen molar-refractivity contribution in [3.05, 3.63) is 28.1 Å². The minimum absolute atomic E-state index is 0.00335. The van der Waals surface area contributed by atoms with Gasteiger partial charge in [0.2, 0.25) is 5.91 Å². The smallest absolute Gasteiger partial charge is 0.295 e. The number of nitro benzene ring substituents is 1. The van der Waals surface area contributed by atoms with E-state index < -0.39 is 10.7 Å². The van der Waals surface area contributed by atoms with Crippen molar-refractivity contribution in [1.29, 1.82) is 0 Å². The number of nitrogens with zero attached hydrogens (tertiary/aromatic N) is 5. The first kappa shape index (κ1) is 18.4. The van der Waals surface area contributed by atoms with E-state index in [1.54, 1.807) is 11.0 Å². The number of rotatable bonds is 3. The van der Waals surface area contributed by atoms with Crippen molar-refractivity contribution in [2.24, 2.45) is 0 Å². The second-order valence-electron chi connectivity index (χ2n) is 6.83. The van der Waals surface area contributed by atoms with Gasteiger partial charge in [-0.2, -0.15) is 0 Å². The molecular weight excluding hydrogens is 341 g/mol. The van der Waals surface area contributed by atoms with Crippen LogP contribution in [0.2, 0.25) is 0 Å². The number of carbonyl (C=O) groups is 1. The number of likely N-dealkylation sites (N-methyl/N-ethyl adjacent to an activating group) is 1. The Labute approximate surface area is 151 Å². The van der Waals surface area contributed by atoms with Gasteiger partial charge in [-0.1, -0.05) is 0 Å². The van der Waals surface area contributed by atoms with Crippen LogP contribution in [0.3, 0.4) is 0 Å². The maximum absolute atomic E-state index is 14.6. The van der Waals surface area contributed by atoms with Crippen LogP contribution in [-0.4, -0.2) is 80.0 Å². The molecule has 0 saturated carbocycles. The molecule has 9 heteroatoms. The van der Waals surface area contributed by atoms with Crippen LogP contribution in [0.25, 0.3) is 0 Å². The molecule has 0 bridgehead atoms. The van der Waals surface area contributed by atoms with Gasteiger partial charge in [0, 0.05) is 59.3 Å². The molecule has 0 spiro atoms. The number of hydrogen-bond donors (Lipinski definition) is 0. The van der Waals surface area contributed by atoms with Gasteiger partial charge in [-0.15, -0.1) is 0 Å². The van der Waals surface area contributed by atoms with Crippen molar-refractivity contribution < 1.29 is 14.1 Å². The van der Waals surface area contributed by atoms with Crippen LogP contribution >= 0.6 is 0 Å². The number of amides is 1. The first-order chi connectivity index (χ1) is 12.4. The summed E-state index contributed by atoms with van der Waals surface area (Å²) in [6.07, 6.45) is 0. The van der Waals surface area contributed by atoms with Gasteiger partial charge in [0.1, 0.15) is 5.69 Å². The monoisotopic (exact) mass is 365 g/mol. The minimum atomic E-state index is -0.563. The minimum Gasteiger partial charge on any atom is -0.367 e. The molecule has 2 aliphatic rings. The third kappa shape index (κ3) is 3.72. The maximum atomic E-state index is 14.6. The van der Waals surface area contributed by atoms with E-state index in [1.165, 1.54) is 6.92 Å². The molecule has 2 aliphatic heterocycles. The topological polar surface area (TPSA) is 73.2 Å². The predicted octanol–water partition coefficient (Wildman–Crippen LogP) is 1.15. The highest BCUT2D eigenvalue weighted by atomic mass is 19.1. The van der Waals surface area contributed by atoms with Crippen molar-refractivity contribution >= 4 is 23.0 Å². The zero-order valence-corrected chi connectivity index (χ0v) is 15.2. The molecule has 1 aromatic carbocycles. The molecule has 1 aromatic rings. The quantitative estimate of drug-likeness (QED) is 0.591. The van der Waals surface area contributed by atoms with E-state index in [-0.39, 0.29) is 11.6 Å². The highest BCUT2D eigenvalue weighted by molar-refractivity contribution is 5.75. The fourth-order valence-corrected chi connectivity index (χ4v) is 3.49. The lowest BCUT2D eigenvalue weighted by Gasteiger charge is -2.37. The summed E-state index contributed by atoms with van der Waals surface area (Å²) >= 11 is 0. The van der Waals surface area contributed by atoms with E-state index in [9.17, 15) is 19.3 Å². The highest BCUT2D eigenvalue weighted by Crippen LogP contribution is 2.36. The van der Waals surface area contributed by atoms with Crippen LogP contribution < -0.4 is 9.80 Å². The van der Waals surface area contributed by atoms with Crippen molar-refractivity contribution in [2.75, 3.05) is 69.2 Å². The van der Waals surface area contributed by atoms with Gasteiger partial charge in [-0.3, -0.25) is 14.9 Å². The summed E-state index contributed by atoms with van der Waals surface area (Å²) in [7, 11) is 2.02. The Bertz CT molecular complexity index is 698. The fourth-order valence-electron chi connectivity index (χ4n) is 3.49. The molecule has 3 rings (SSSR count). The SMILES string of the molecule is CC(=O)N1CCN(c2cc(N3CCN(C)CC3)c(F)cc2[N+](=O)[O-])CC1. The number of halogens is 1. The third-order valence-corrected chi connectivity index (χ3v) is 5.15. The average molecular weight is 365 g/mol. The molecule has 0 unspecified atom stereocenters. The fraction of sp³-hybridized carbons (Fsp3) is 0.588. The highest BCUT2D eigenvalue weighted by Gasteiger charge is 2.28. The molecule has 2 saturated heterocycles. The van der Waals surface area contributed by atoms with Gasteiger partial charge < -0.3 is 19.6 Å².